The number of nitrogens with zero attached hydrogens (tertiary/aromatic N) is 3. The Labute approximate surface area is 192 Å². The number of aromatic nitrogens is 4. The first-order chi connectivity index (χ1) is 15.9. The lowest BCUT2D eigenvalue weighted by Crippen LogP contribution is -2.45. The second-order valence-electron chi connectivity index (χ2n) is 7.93. The summed E-state index contributed by atoms with van der Waals surface area (Å²) in [5.74, 6) is -0.648. The van der Waals surface area contributed by atoms with Gasteiger partial charge in [-0.15, -0.1) is 0 Å². The minimum absolute atomic E-state index is 0.294. The third kappa shape index (κ3) is 5.01. The molecule has 8 heteroatoms. The van der Waals surface area contributed by atoms with Crippen LogP contribution in [0, 0.1) is 13.8 Å². The molecule has 0 saturated carbocycles. The third-order valence-corrected chi connectivity index (χ3v) is 5.53. The molecule has 0 unspecified atom stereocenters. The van der Waals surface area contributed by atoms with E-state index >= 15 is 0 Å². The lowest BCUT2D eigenvalue weighted by Gasteiger charge is -2.19. The number of amides is 2. The van der Waals surface area contributed by atoms with Crippen LogP contribution in [0.1, 0.15) is 27.4 Å². The van der Waals surface area contributed by atoms with Gasteiger partial charge in [-0.2, -0.15) is 10.2 Å². The Hall–Kier alpha value is -4.20. The summed E-state index contributed by atoms with van der Waals surface area (Å²) in [6, 6.07) is 18.0. The fourth-order valence-electron chi connectivity index (χ4n) is 3.81. The van der Waals surface area contributed by atoms with Crippen molar-refractivity contribution in [2.24, 2.45) is 7.05 Å². The van der Waals surface area contributed by atoms with Gasteiger partial charge in [0.25, 0.3) is 5.91 Å². The van der Waals surface area contributed by atoms with Crippen molar-refractivity contribution < 1.29 is 9.59 Å². The molecule has 8 nitrogen and oxygen atoms in total. The second kappa shape index (κ2) is 9.52. The molecule has 0 aliphatic rings. The largest absolute Gasteiger partial charge is 0.339 e. The summed E-state index contributed by atoms with van der Waals surface area (Å²) in [5.41, 5.74) is 5.96. The summed E-state index contributed by atoms with van der Waals surface area (Å²) in [6.07, 6.45) is 1.91. The molecular weight excluding hydrogens is 416 g/mol. The van der Waals surface area contributed by atoms with Crippen molar-refractivity contribution in [1.29, 1.82) is 0 Å². The van der Waals surface area contributed by atoms with Gasteiger partial charge in [-0.05, 0) is 43.2 Å². The van der Waals surface area contributed by atoms with Crippen LogP contribution in [-0.4, -0.2) is 37.8 Å². The maximum Gasteiger partial charge on any atom is 0.270 e. The SMILES string of the molecule is Cc1n[nH]c(C)c1-c1ccc(NC(=O)[C@@H](Cc2ccccc2)NC(=O)c2ccnn2C)cc1. The van der Waals surface area contributed by atoms with E-state index < -0.39 is 6.04 Å². The van der Waals surface area contributed by atoms with Gasteiger partial charge in [-0.1, -0.05) is 42.5 Å². The molecule has 4 aromatic rings. The fourth-order valence-corrected chi connectivity index (χ4v) is 3.81. The first-order valence-corrected chi connectivity index (χ1v) is 10.7. The number of carbonyl (C=O) groups excluding carboxylic acids is 2. The number of H-pyrrole nitrogens is 1. The van der Waals surface area contributed by atoms with Crippen LogP contribution < -0.4 is 10.6 Å². The molecule has 0 saturated heterocycles. The highest BCUT2D eigenvalue weighted by atomic mass is 16.2. The molecule has 0 radical (unpaired) electrons. The average molecular weight is 443 g/mol. The molecule has 2 aromatic heterocycles. The third-order valence-electron chi connectivity index (χ3n) is 5.53. The predicted octanol–water partition coefficient (Wildman–Crippen LogP) is 3.41. The van der Waals surface area contributed by atoms with Crippen LogP contribution in [0.5, 0.6) is 0 Å². The minimum atomic E-state index is -0.757. The number of hydrogen-bond acceptors (Lipinski definition) is 4. The van der Waals surface area contributed by atoms with Crippen molar-refractivity contribution in [2.45, 2.75) is 26.3 Å². The Morgan fingerprint density at radius 1 is 1.03 bits per heavy atom. The van der Waals surface area contributed by atoms with Gasteiger partial charge in [0.1, 0.15) is 11.7 Å². The summed E-state index contributed by atoms with van der Waals surface area (Å²) in [4.78, 5) is 25.9. The zero-order valence-corrected chi connectivity index (χ0v) is 18.8. The number of nitrogens with one attached hydrogen (secondary N) is 3. The first-order valence-electron chi connectivity index (χ1n) is 10.7. The number of carbonyl (C=O) groups is 2. The zero-order valence-electron chi connectivity index (χ0n) is 18.8. The maximum atomic E-state index is 13.2. The second-order valence-corrected chi connectivity index (χ2v) is 7.93. The van der Waals surface area contributed by atoms with E-state index in [9.17, 15) is 9.59 Å². The summed E-state index contributed by atoms with van der Waals surface area (Å²) in [5, 5.41) is 17.0. The topological polar surface area (TPSA) is 105 Å². The molecule has 33 heavy (non-hydrogen) atoms. The molecule has 2 amide bonds. The van der Waals surface area contributed by atoms with Crippen molar-refractivity contribution in [1.82, 2.24) is 25.3 Å². The van der Waals surface area contributed by atoms with Gasteiger partial charge >= 0.3 is 0 Å². The summed E-state index contributed by atoms with van der Waals surface area (Å²) < 4.78 is 1.48. The molecule has 168 valence electrons. The molecule has 1 atom stereocenters. The zero-order chi connectivity index (χ0) is 23.4. The fraction of sp³-hybridized carbons (Fsp3) is 0.200. The highest BCUT2D eigenvalue weighted by Gasteiger charge is 2.23. The number of aryl methyl sites for hydroxylation is 3. The van der Waals surface area contributed by atoms with Crippen LogP contribution in [0.15, 0.2) is 66.9 Å². The lowest BCUT2D eigenvalue weighted by atomic mass is 10.0. The Morgan fingerprint density at radius 3 is 2.36 bits per heavy atom. The van der Waals surface area contributed by atoms with Gasteiger partial charge < -0.3 is 10.6 Å². The minimum Gasteiger partial charge on any atom is -0.339 e. The molecule has 0 aliphatic heterocycles. The van der Waals surface area contributed by atoms with Crippen molar-refractivity contribution >= 4 is 17.5 Å². The van der Waals surface area contributed by atoms with E-state index in [1.165, 1.54) is 4.68 Å². The Morgan fingerprint density at radius 2 is 1.76 bits per heavy atom. The number of aromatic amines is 1. The summed E-state index contributed by atoms with van der Waals surface area (Å²) >= 11 is 0. The van der Waals surface area contributed by atoms with E-state index in [0.29, 0.717) is 17.8 Å². The van der Waals surface area contributed by atoms with E-state index in [1.54, 1.807) is 19.3 Å². The van der Waals surface area contributed by atoms with Gasteiger partial charge in [-0.25, -0.2) is 0 Å². The molecule has 0 aliphatic carbocycles. The lowest BCUT2D eigenvalue weighted by molar-refractivity contribution is -0.118. The monoisotopic (exact) mass is 442 g/mol. The standard InChI is InChI=1S/C25H26N6O2/c1-16-23(17(2)30-29-16)19-9-11-20(12-10-19)27-24(32)21(15-18-7-5-4-6-8-18)28-25(33)22-13-14-26-31(22)3/h4-14,21H,15H2,1-3H3,(H,27,32)(H,28,33)(H,29,30)/t21-/m1/s1. The Balaban J connectivity index is 1.52. The molecule has 2 heterocycles. The van der Waals surface area contributed by atoms with Crippen LogP contribution in [0.4, 0.5) is 5.69 Å². The molecule has 0 spiro atoms. The van der Waals surface area contributed by atoms with Gasteiger partial charge in [0, 0.05) is 36.6 Å². The van der Waals surface area contributed by atoms with Crippen LogP contribution in [0.2, 0.25) is 0 Å². The van der Waals surface area contributed by atoms with Crippen LogP contribution in [0.3, 0.4) is 0 Å². The van der Waals surface area contributed by atoms with E-state index in [4.69, 9.17) is 0 Å². The number of rotatable bonds is 7. The highest BCUT2D eigenvalue weighted by Crippen LogP contribution is 2.26. The van der Waals surface area contributed by atoms with Gasteiger partial charge in [0.05, 0.1) is 5.69 Å². The predicted molar refractivity (Wildman–Crippen MR) is 127 cm³/mol. The quantitative estimate of drug-likeness (QED) is 0.408. The summed E-state index contributed by atoms with van der Waals surface area (Å²) in [6.45, 7) is 3.93. The van der Waals surface area contributed by atoms with E-state index in [1.807, 2.05) is 68.4 Å². The highest BCUT2D eigenvalue weighted by molar-refractivity contribution is 6.00. The van der Waals surface area contributed by atoms with Crippen molar-refractivity contribution in [3.8, 4) is 11.1 Å². The normalized spacial score (nSPS) is 11.7. The molecule has 4 rings (SSSR count). The number of benzene rings is 2. The molecule has 2 aromatic carbocycles. The van der Waals surface area contributed by atoms with Gasteiger partial charge in [-0.3, -0.25) is 19.4 Å². The maximum absolute atomic E-state index is 13.2. The molecular formula is C25H26N6O2. The smallest absolute Gasteiger partial charge is 0.270 e. The van der Waals surface area contributed by atoms with Crippen LogP contribution >= 0.6 is 0 Å². The average Bonchev–Trinajstić information content (AvgIpc) is 3.39. The van der Waals surface area contributed by atoms with Crippen molar-refractivity contribution in [2.75, 3.05) is 5.32 Å². The summed E-state index contributed by atoms with van der Waals surface area (Å²) in [7, 11) is 1.69. The molecule has 3 N–H and O–H groups in total. The van der Waals surface area contributed by atoms with Crippen molar-refractivity contribution in [3.63, 3.8) is 0 Å². The number of hydrogen-bond donors (Lipinski definition) is 3. The number of anilines is 1. The van der Waals surface area contributed by atoms with Crippen LogP contribution in [0.25, 0.3) is 11.1 Å². The Kier molecular flexibility index (Phi) is 6.35. The first kappa shape index (κ1) is 22.0. The van der Waals surface area contributed by atoms with Crippen LogP contribution in [-0.2, 0) is 18.3 Å². The van der Waals surface area contributed by atoms with E-state index in [0.717, 1.165) is 28.1 Å². The molecule has 0 bridgehead atoms. The van der Waals surface area contributed by atoms with Gasteiger partial charge in [0.2, 0.25) is 5.91 Å². The van der Waals surface area contributed by atoms with Gasteiger partial charge in [0.15, 0.2) is 0 Å². The Bertz CT molecular complexity index is 1240. The van der Waals surface area contributed by atoms with E-state index in [2.05, 4.69) is 25.9 Å². The molecule has 0 fully saturated rings. The van der Waals surface area contributed by atoms with E-state index in [-0.39, 0.29) is 11.8 Å². The van der Waals surface area contributed by atoms with Crippen molar-refractivity contribution in [3.05, 3.63) is 89.5 Å².